The van der Waals surface area contributed by atoms with Crippen molar-refractivity contribution in [2.24, 2.45) is 0 Å². The van der Waals surface area contributed by atoms with Crippen LogP contribution in [0.2, 0.25) is 0 Å². The van der Waals surface area contributed by atoms with E-state index in [0.717, 1.165) is 4.48 Å². The Labute approximate surface area is 80.9 Å². The fraction of sp³-hybridized carbons (Fsp3) is 1.00. The van der Waals surface area contributed by atoms with Crippen molar-refractivity contribution >= 4 is 10.4 Å². The van der Waals surface area contributed by atoms with Crippen LogP contribution in [0.4, 0.5) is 0 Å². The van der Waals surface area contributed by atoms with Gasteiger partial charge in [0.1, 0.15) is 0 Å². The van der Waals surface area contributed by atoms with Gasteiger partial charge >= 0.3 is 0 Å². The van der Waals surface area contributed by atoms with Gasteiger partial charge < -0.3 is 9.04 Å². The van der Waals surface area contributed by atoms with E-state index in [1.807, 2.05) is 0 Å². The van der Waals surface area contributed by atoms with E-state index in [4.69, 9.17) is 0 Å². The highest BCUT2D eigenvalue weighted by atomic mass is 32.3. The Hall–Kier alpha value is -0.170. The molecule has 0 aromatic carbocycles. The predicted octanol–water partition coefficient (Wildman–Crippen LogP) is 0.196. The highest BCUT2D eigenvalue weighted by Crippen LogP contribution is 1.86. The van der Waals surface area contributed by atoms with Crippen LogP contribution >= 0.6 is 0 Å². The monoisotopic (exact) mass is 213 g/mol. The van der Waals surface area contributed by atoms with Crippen LogP contribution in [-0.2, 0) is 14.6 Å². The van der Waals surface area contributed by atoms with Crippen molar-refractivity contribution in [3.63, 3.8) is 0 Å². The molecule has 0 unspecified atom stereocenters. The summed E-state index contributed by atoms with van der Waals surface area (Å²) in [5.74, 6) is 0. The smallest absolute Gasteiger partial charge is 0.217 e. The molecule has 0 saturated heterocycles. The fourth-order valence-electron chi connectivity index (χ4n) is 0.185. The maximum Gasteiger partial charge on any atom is 0.217 e. The zero-order chi connectivity index (χ0) is 11.1. The number of nitrogens with zero attached hydrogens (tertiary/aromatic N) is 1. The van der Waals surface area contributed by atoms with Gasteiger partial charge in [0, 0.05) is 0 Å². The highest BCUT2D eigenvalue weighted by molar-refractivity contribution is 7.80. The summed E-state index contributed by atoms with van der Waals surface area (Å²) in [4.78, 5) is 0. The van der Waals surface area contributed by atoms with Gasteiger partial charge in [-0.2, -0.15) is 0 Å². The summed E-state index contributed by atoms with van der Waals surface area (Å²) in [5, 5.41) is 0. The third-order valence-electron chi connectivity index (χ3n) is 0.432. The van der Waals surface area contributed by atoms with E-state index in [1.165, 1.54) is 0 Å². The molecule has 0 heterocycles. The van der Waals surface area contributed by atoms with E-state index in [9.17, 15) is 13.0 Å². The quantitative estimate of drug-likeness (QED) is 0.381. The molecular formula is C7H19NO4S. The van der Waals surface area contributed by atoms with Gasteiger partial charge in [0.15, 0.2) is 0 Å². The first-order valence-corrected chi connectivity index (χ1v) is 5.28. The Balaban J connectivity index is 0. The first kappa shape index (κ1) is 15.3. The van der Waals surface area contributed by atoms with Crippen LogP contribution in [0, 0.1) is 0 Å². The minimum Gasteiger partial charge on any atom is -0.726 e. The lowest BCUT2D eigenvalue weighted by Crippen LogP contribution is -2.27. The summed E-state index contributed by atoms with van der Waals surface area (Å²) in [6.45, 7) is 1.69. The molecule has 0 radical (unpaired) electrons. The molecule has 0 amide bonds. The van der Waals surface area contributed by atoms with Crippen molar-refractivity contribution in [1.82, 2.24) is 0 Å². The molecule has 0 aromatic rings. The van der Waals surface area contributed by atoms with E-state index in [-0.39, 0.29) is 6.61 Å². The average molecular weight is 213 g/mol. The van der Waals surface area contributed by atoms with Crippen molar-refractivity contribution in [1.29, 1.82) is 0 Å². The molecule has 0 aliphatic carbocycles. The van der Waals surface area contributed by atoms with E-state index in [2.05, 4.69) is 32.4 Å². The summed E-state index contributed by atoms with van der Waals surface area (Å²) < 4.78 is 33.6. The second-order valence-corrected chi connectivity index (χ2v) is 4.97. The molecule has 0 bridgehead atoms. The Kier molecular flexibility index (Phi) is 7.43. The standard InChI is InChI=1S/C4H12N.C3H8O4S/c1-5(2,3)4;1-2-3-7-8(4,5)6/h1-4H3;2-3H2,1H3,(H,4,5,6)/q+1;/p-1. The minimum atomic E-state index is -4.44. The molecule has 5 nitrogen and oxygen atoms in total. The molecule has 0 aromatic heterocycles. The van der Waals surface area contributed by atoms with E-state index < -0.39 is 10.4 Å². The molecule has 0 atom stereocenters. The van der Waals surface area contributed by atoms with Crippen LogP contribution in [0.3, 0.4) is 0 Å². The van der Waals surface area contributed by atoms with Crippen LogP contribution in [0.5, 0.6) is 0 Å². The van der Waals surface area contributed by atoms with Gasteiger partial charge in [-0.1, -0.05) is 6.92 Å². The number of quaternary nitrogens is 1. The molecule has 0 fully saturated rings. The summed E-state index contributed by atoms with van der Waals surface area (Å²) in [6.07, 6.45) is 0.529. The van der Waals surface area contributed by atoms with Crippen molar-refractivity contribution in [3.05, 3.63) is 0 Å². The zero-order valence-electron chi connectivity index (χ0n) is 8.90. The lowest BCUT2D eigenvalue weighted by Gasteiger charge is -2.14. The van der Waals surface area contributed by atoms with Gasteiger partial charge in [0.2, 0.25) is 10.4 Å². The third kappa shape index (κ3) is 49.0. The molecule has 0 N–H and O–H groups in total. The Morgan fingerprint density at radius 2 is 1.54 bits per heavy atom. The van der Waals surface area contributed by atoms with Gasteiger partial charge in [-0.15, -0.1) is 0 Å². The summed E-state index contributed by atoms with van der Waals surface area (Å²) >= 11 is 0. The Morgan fingerprint density at radius 3 is 1.62 bits per heavy atom. The number of hydrogen-bond donors (Lipinski definition) is 0. The molecule has 13 heavy (non-hydrogen) atoms. The maximum atomic E-state index is 9.61. The van der Waals surface area contributed by atoms with Gasteiger partial charge in [0.25, 0.3) is 0 Å². The lowest BCUT2D eigenvalue weighted by molar-refractivity contribution is -0.849. The predicted molar refractivity (Wildman–Crippen MR) is 49.9 cm³/mol. The fourth-order valence-corrected chi connectivity index (χ4v) is 0.556. The first-order valence-electron chi connectivity index (χ1n) is 3.95. The summed E-state index contributed by atoms with van der Waals surface area (Å²) in [6, 6.07) is 0. The van der Waals surface area contributed by atoms with Crippen molar-refractivity contribution in [2.45, 2.75) is 13.3 Å². The molecule has 82 valence electrons. The van der Waals surface area contributed by atoms with Gasteiger partial charge in [-0.25, -0.2) is 8.42 Å². The first-order chi connectivity index (χ1) is 5.56. The van der Waals surface area contributed by atoms with Crippen molar-refractivity contribution in [2.75, 3.05) is 34.8 Å². The molecule has 0 rings (SSSR count). The molecule has 0 saturated carbocycles. The van der Waals surface area contributed by atoms with Crippen LogP contribution in [0.25, 0.3) is 0 Å². The average Bonchev–Trinajstić information content (AvgIpc) is 1.77. The van der Waals surface area contributed by atoms with E-state index >= 15 is 0 Å². The van der Waals surface area contributed by atoms with Gasteiger partial charge in [0.05, 0.1) is 34.8 Å². The van der Waals surface area contributed by atoms with Crippen LogP contribution in [0.15, 0.2) is 0 Å². The summed E-state index contributed by atoms with van der Waals surface area (Å²) in [7, 11) is 4.06. The number of rotatable bonds is 3. The Morgan fingerprint density at radius 1 is 1.23 bits per heavy atom. The summed E-state index contributed by atoms with van der Waals surface area (Å²) in [5.41, 5.74) is 0. The van der Waals surface area contributed by atoms with E-state index in [1.54, 1.807) is 6.92 Å². The van der Waals surface area contributed by atoms with Crippen LogP contribution in [-0.4, -0.2) is 52.3 Å². The minimum absolute atomic E-state index is 0.0220. The number of hydrogen-bond acceptors (Lipinski definition) is 4. The molecule has 0 spiro atoms. The van der Waals surface area contributed by atoms with Gasteiger partial charge in [-0.3, -0.25) is 4.18 Å². The van der Waals surface area contributed by atoms with Crippen LogP contribution < -0.4 is 0 Å². The Bertz CT molecular complexity index is 199. The van der Waals surface area contributed by atoms with E-state index in [0.29, 0.717) is 6.42 Å². The SMILES string of the molecule is CCCOS(=O)(=O)[O-].C[N+](C)(C)C. The molecule has 0 aliphatic heterocycles. The molecular weight excluding hydrogens is 194 g/mol. The van der Waals surface area contributed by atoms with Crippen molar-refractivity contribution in [3.8, 4) is 0 Å². The lowest BCUT2D eigenvalue weighted by atomic mass is 10.5. The third-order valence-corrected chi connectivity index (χ3v) is 0.887. The maximum absolute atomic E-state index is 9.61. The molecule has 0 aliphatic rings. The van der Waals surface area contributed by atoms with Crippen LogP contribution in [0.1, 0.15) is 13.3 Å². The second kappa shape index (κ2) is 6.31. The highest BCUT2D eigenvalue weighted by Gasteiger charge is 1.89. The molecule has 6 heteroatoms. The topological polar surface area (TPSA) is 66.4 Å². The zero-order valence-corrected chi connectivity index (χ0v) is 9.72. The largest absolute Gasteiger partial charge is 0.726 e. The van der Waals surface area contributed by atoms with Gasteiger partial charge in [-0.05, 0) is 6.42 Å². The van der Waals surface area contributed by atoms with Crippen molar-refractivity contribution < 1.29 is 21.6 Å². The normalized spacial score (nSPS) is 11.8. The second-order valence-electron chi connectivity index (χ2n) is 3.91.